The van der Waals surface area contributed by atoms with E-state index in [1.807, 2.05) is 31.5 Å². The van der Waals surface area contributed by atoms with Gasteiger partial charge >= 0.3 is 0 Å². The van der Waals surface area contributed by atoms with Gasteiger partial charge in [-0.25, -0.2) is 5.43 Å². The summed E-state index contributed by atoms with van der Waals surface area (Å²) in [5, 5.41) is 4.86. The van der Waals surface area contributed by atoms with Gasteiger partial charge in [-0.1, -0.05) is 11.6 Å². The maximum Gasteiger partial charge on any atom is 0.101 e. The number of hydrazine groups is 1. The smallest absolute Gasteiger partial charge is 0.101 e. The largest absolute Gasteiger partial charge is 0.469 e. The monoisotopic (exact) mass is 268 g/mol. The van der Waals surface area contributed by atoms with Gasteiger partial charge in [-0.3, -0.25) is 10.5 Å². The van der Waals surface area contributed by atoms with Crippen LogP contribution in [0.2, 0.25) is 5.02 Å². The minimum atomic E-state index is -0.236. The van der Waals surface area contributed by atoms with E-state index >= 15 is 0 Å². The van der Waals surface area contributed by atoms with Crippen LogP contribution in [0, 0.1) is 6.92 Å². The van der Waals surface area contributed by atoms with E-state index in [1.165, 1.54) is 0 Å². The lowest BCUT2D eigenvalue weighted by molar-refractivity contribution is 0.472. The molecule has 0 fully saturated rings. The van der Waals surface area contributed by atoms with Gasteiger partial charge in [0, 0.05) is 11.6 Å². The van der Waals surface area contributed by atoms with Gasteiger partial charge in [-0.2, -0.15) is 5.10 Å². The van der Waals surface area contributed by atoms with Crippen molar-refractivity contribution in [3.05, 3.63) is 40.6 Å². The van der Waals surface area contributed by atoms with Crippen molar-refractivity contribution in [2.75, 3.05) is 0 Å². The average Bonchev–Trinajstić information content (AvgIpc) is 2.88. The molecule has 1 unspecified atom stereocenters. The Morgan fingerprint density at radius 3 is 2.72 bits per heavy atom. The Kier molecular flexibility index (Phi) is 3.75. The standard InChI is InChI=1S/C12H17ClN4O/c1-7(2)17-12(10(13)5-15-17)11(16-14)9-4-8(3)18-6-9/h4-7,11,16H,14H2,1-3H3. The molecule has 5 nitrogen and oxygen atoms in total. The second-order valence-corrected chi connectivity index (χ2v) is 4.91. The predicted molar refractivity (Wildman–Crippen MR) is 70.2 cm³/mol. The summed E-state index contributed by atoms with van der Waals surface area (Å²) in [7, 11) is 0. The van der Waals surface area contributed by atoms with Crippen molar-refractivity contribution < 1.29 is 4.42 Å². The zero-order chi connectivity index (χ0) is 13.3. The summed E-state index contributed by atoms with van der Waals surface area (Å²) in [6.07, 6.45) is 3.31. The number of hydrogen-bond donors (Lipinski definition) is 2. The molecule has 6 heteroatoms. The molecule has 98 valence electrons. The quantitative estimate of drug-likeness (QED) is 0.661. The molecule has 3 N–H and O–H groups in total. The maximum absolute atomic E-state index is 6.21. The van der Waals surface area contributed by atoms with Crippen molar-refractivity contribution in [2.45, 2.75) is 32.9 Å². The second-order valence-electron chi connectivity index (χ2n) is 4.51. The number of nitrogens with one attached hydrogen (secondary N) is 1. The number of aryl methyl sites for hydroxylation is 1. The van der Waals surface area contributed by atoms with Crippen LogP contribution < -0.4 is 11.3 Å². The molecule has 0 aliphatic carbocycles. The van der Waals surface area contributed by atoms with Crippen LogP contribution in [0.3, 0.4) is 0 Å². The van der Waals surface area contributed by atoms with E-state index in [0.717, 1.165) is 17.0 Å². The van der Waals surface area contributed by atoms with E-state index < -0.39 is 0 Å². The SMILES string of the molecule is Cc1cc(C(NN)c2c(Cl)cnn2C(C)C)co1. The third-order valence-corrected chi connectivity index (χ3v) is 3.09. The number of aromatic nitrogens is 2. The van der Waals surface area contributed by atoms with Crippen LogP contribution in [0.1, 0.15) is 42.9 Å². The van der Waals surface area contributed by atoms with Crippen LogP contribution in [-0.4, -0.2) is 9.78 Å². The van der Waals surface area contributed by atoms with Crippen molar-refractivity contribution in [1.29, 1.82) is 0 Å². The molecule has 2 aromatic rings. The third-order valence-electron chi connectivity index (χ3n) is 2.80. The highest BCUT2D eigenvalue weighted by molar-refractivity contribution is 6.31. The molecule has 1 atom stereocenters. The summed E-state index contributed by atoms with van der Waals surface area (Å²) >= 11 is 6.21. The minimum absolute atomic E-state index is 0.205. The van der Waals surface area contributed by atoms with E-state index in [0.29, 0.717) is 5.02 Å². The van der Waals surface area contributed by atoms with Crippen LogP contribution in [0.15, 0.2) is 22.9 Å². The van der Waals surface area contributed by atoms with E-state index in [9.17, 15) is 0 Å². The number of nitrogens with zero attached hydrogens (tertiary/aromatic N) is 2. The first-order valence-electron chi connectivity index (χ1n) is 5.78. The molecule has 0 radical (unpaired) electrons. The summed E-state index contributed by atoms with van der Waals surface area (Å²) in [4.78, 5) is 0. The summed E-state index contributed by atoms with van der Waals surface area (Å²) in [5.41, 5.74) is 4.54. The van der Waals surface area contributed by atoms with Gasteiger partial charge in [0.15, 0.2) is 0 Å². The zero-order valence-corrected chi connectivity index (χ0v) is 11.4. The van der Waals surface area contributed by atoms with Crippen molar-refractivity contribution in [1.82, 2.24) is 15.2 Å². The molecule has 0 saturated heterocycles. The lowest BCUT2D eigenvalue weighted by Gasteiger charge is -2.19. The molecule has 0 amide bonds. The summed E-state index contributed by atoms with van der Waals surface area (Å²) in [5.74, 6) is 6.48. The van der Waals surface area contributed by atoms with Crippen LogP contribution >= 0.6 is 11.6 Å². The average molecular weight is 269 g/mol. The van der Waals surface area contributed by atoms with E-state index in [1.54, 1.807) is 12.5 Å². The second kappa shape index (κ2) is 5.14. The highest BCUT2D eigenvalue weighted by Gasteiger charge is 2.23. The van der Waals surface area contributed by atoms with Gasteiger partial charge in [0.05, 0.1) is 29.2 Å². The summed E-state index contributed by atoms with van der Waals surface area (Å²) in [6.45, 7) is 5.97. The molecule has 2 aromatic heterocycles. The van der Waals surface area contributed by atoms with Crippen molar-refractivity contribution >= 4 is 11.6 Å². The first kappa shape index (κ1) is 13.1. The first-order chi connectivity index (χ1) is 8.54. The fourth-order valence-electron chi connectivity index (χ4n) is 1.98. The van der Waals surface area contributed by atoms with Crippen LogP contribution in [-0.2, 0) is 0 Å². The van der Waals surface area contributed by atoms with Crippen LogP contribution in [0.5, 0.6) is 0 Å². The Labute approximate surface area is 111 Å². The van der Waals surface area contributed by atoms with Gasteiger partial charge in [0.25, 0.3) is 0 Å². The van der Waals surface area contributed by atoms with E-state index in [2.05, 4.69) is 10.5 Å². The number of hydrogen-bond acceptors (Lipinski definition) is 4. The molecular weight excluding hydrogens is 252 g/mol. The first-order valence-corrected chi connectivity index (χ1v) is 6.16. The zero-order valence-electron chi connectivity index (χ0n) is 10.6. The van der Waals surface area contributed by atoms with Crippen molar-refractivity contribution in [2.24, 2.45) is 5.84 Å². The topological polar surface area (TPSA) is 69.0 Å². The van der Waals surface area contributed by atoms with E-state index in [-0.39, 0.29) is 12.1 Å². The van der Waals surface area contributed by atoms with Gasteiger partial charge < -0.3 is 4.42 Å². The lowest BCUT2D eigenvalue weighted by Crippen LogP contribution is -2.31. The molecule has 0 spiro atoms. The van der Waals surface area contributed by atoms with Gasteiger partial charge in [0.2, 0.25) is 0 Å². The third kappa shape index (κ3) is 2.29. The van der Waals surface area contributed by atoms with E-state index in [4.69, 9.17) is 21.9 Å². The molecule has 0 aromatic carbocycles. The Balaban J connectivity index is 2.47. The molecule has 0 saturated carbocycles. The summed E-state index contributed by atoms with van der Waals surface area (Å²) < 4.78 is 7.17. The maximum atomic E-state index is 6.21. The lowest BCUT2D eigenvalue weighted by atomic mass is 10.1. The Hall–Kier alpha value is -1.30. The minimum Gasteiger partial charge on any atom is -0.469 e. The van der Waals surface area contributed by atoms with Gasteiger partial charge in [0.1, 0.15) is 5.76 Å². The Morgan fingerprint density at radius 1 is 1.50 bits per heavy atom. The number of rotatable bonds is 4. The van der Waals surface area contributed by atoms with Crippen molar-refractivity contribution in [3.63, 3.8) is 0 Å². The molecule has 2 heterocycles. The Bertz CT molecular complexity index is 532. The van der Waals surface area contributed by atoms with Crippen molar-refractivity contribution in [3.8, 4) is 0 Å². The van der Waals surface area contributed by atoms with Gasteiger partial charge in [-0.15, -0.1) is 0 Å². The van der Waals surface area contributed by atoms with Crippen LogP contribution in [0.25, 0.3) is 0 Å². The fraction of sp³-hybridized carbons (Fsp3) is 0.417. The molecule has 0 bridgehead atoms. The van der Waals surface area contributed by atoms with Gasteiger partial charge in [-0.05, 0) is 26.8 Å². The highest BCUT2D eigenvalue weighted by atomic mass is 35.5. The fourth-order valence-corrected chi connectivity index (χ4v) is 2.22. The molecule has 0 aliphatic rings. The highest BCUT2D eigenvalue weighted by Crippen LogP contribution is 2.30. The number of nitrogens with two attached hydrogens (primary N) is 1. The molecule has 2 rings (SSSR count). The van der Waals surface area contributed by atoms with Crippen LogP contribution in [0.4, 0.5) is 0 Å². The number of halogens is 1. The number of furan rings is 1. The molecular formula is C12H17ClN4O. The summed E-state index contributed by atoms with van der Waals surface area (Å²) in [6, 6.07) is 1.90. The molecule has 18 heavy (non-hydrogen) atoms. The molecule has 0 aliphatic heterocycles. The Morgan fingerprint density at radius 2 is 2.22 bits per heavy atom. The normalized spacial score (nSPS) is 13.2. The predicted octanol–water partition coefficient (Wildman–Crippen LogP) is 2.57.